The molecule has 1 saturated heterocycles. The van der Waals surface area contributed by atoms with Crippen molar-refractivity contribution in [3.63, 3.8) is 0 Å². The molecular weight excluding hydrogens is 844 g/mol. The van der Waals surface area contributed by atoms with Crippen LogP contribution in [0.5, 0.6) is 0 Å². The minimum Gasteiger partial charge on any atom is -0.477 e. The number of hydrogen-bond acceptors (Lipinski definition) is 11. The average Bonchev–Trinajstić information content (AvgIpc) is 3.79. The molecule has 6 rings (SSSR count). The second-order valence-corrected chi connectivity index (χ2v) is 15.5. The van der Waals surface area contributed by atoms with E-state index in [4.69, 9.17) is 15.2 Å². The molecule has 0 spiro atoms. The normalized spacial score (nSPS) is 13.5. The number of carboxylic acid groups (broad SMARTS) is 1. The van der Waals surface area contributed by atoms with Gasteiger partial charge in [0.05, 0.1) is 23.4 Å². The number of unbranched alkanes of at least 4 members (excludes halogenated alkanes) is 1. The van der Waals surface area contributed by atoms with Crippen molar-refractivity contribution in [1.29, 1.82) is 0 Å². The van der Waals surface area contributed by atoms with Gasteiger partial charge in [0.25, 0.3) is 0 Å². The second kappa shape index (κ2) is 22.2. The Balaban J connectivity index is 1.04. The molecule has 0 unspecified atom stereocenters. The number of aryl methyl sites for hydroxylation is 1. The molecule has 1 aliphatic rings. The lowest BCUT2D eigenvalue weighted by Gasteiger charge is -2.35. The van der Waals surface area contributed by atoms with Crippen molar-refractivity contribution < 1.29 is 42.9 Å². The van der Waals surface area contributed by atoms with Crippen molar-refractivity contribution in [2.75, 3.05) is 42.9 Å². The van der Waals surface area contributed by atoms with Crippen molar-refractivity contribution in [3.05, 3.63) is 118 Å². The number of amides is 5. The van der Waals surface area contributed by atoms with Crippen LogP contribution in [0.1, 0.15) is 85.2 Å². The van der Waals surface area contributed by atoms with Gasteiger partial charge in [-0.15, -0.1) is 5.10 Å². The van der Waals surface area contributed by atoms with E-state index in [0.717, 1.165) is 24.5 Å². The summed E-state index contributed by atoms with van der Waals surface area (Å²) in [5.41, 5.74) is 7.11. The molecule has 2 aromatic heterocycles. The van der Waals surface area contributed by atoms with Crippen LogP contribution in [0.15, 0.2) is 83.9 Å². The summed E-state index contributed by atoms with van der Waals surface area (Å²) in [5, 5.41) is 26.3. The van der Waals surface area contributed by atoms with Crippen molar-refractivity contribution in [3.8, 4) is 0 Å². The molecule has 65 heavy (non-hydrogen) atoms. The van der Waals surface area contributed by atoms with Gasteiger partial charge in [0.15, 0.2) is 0 Å². The van der Waals surface area contributed by atoms with Crippen molar-refractivity contribution in [2.24, 2.45) is 5.73 Å². The van der Waals surface area contributed by atoms with Gasteiger partial charge in [-0.1, -0.05) is 67.4 Å². The van der Waals surface area contributed by atoms with Crippen LogP contribution in [-0.2, 0) is 34.0 Å². The number of carbonyl (C=O) groups is 5. The van der Waals surface area contributed by atoms with Crippen LogP contribution >= 0.6 is 0 Å². The van der Waals surface area contributed by atoms with Crippen LogP contribution in [0, 0.1) is 5.82 Å². The monoisotopic (exact) mass is 896 g/mol. The fourth-order valence-corrected chi connectivity index (χ4v) is 7.43. The third kappa shape index (κ3) is 12.4. The quantitative estimate of drug-likeness (QED) is 0.0628. The average molecular weight is 897 g/mol. The maximum Gasteiger partial charge on any atom is 0.410 e. The zero-order valence-electron chi connectivity index (χ0n) is 36.2. The van der Waals surface area contributed by atoms with E-state index in [-0.39, 0.29) is 63.4 Å². The first-order valence-corrected chi connectivity index (χ1v) is 21.4. The molecule has 3 heterocycles. The van der Waals surface area contributed by atoms with E-state index in [9.17, 15) is 33.9 Å². The van der Waals surface area contributed by atoms with Crippen molar-refractivity contribution in [1.82, 2.24) is 35.1 Å². The van der Waals surface area contributed by atoms with Crippen LogP contribution in [0.2, 0.25) is 0 Å². The Morgan fingerprint density at radius 2 is 1.60 bits per heavy atom. The molecule has 3 aromatic carbocycles. The highest BCUT2D eigenvalue weighted by Gasteiger charge is 2.27. The lowest BCUT2D eigenvalue weighted by Crippen LogP contribution is -2.49. The number of nitrogens with one attached hydrogen (secondary N) is 3. The molecule has 0 saturated carbocycles. The molecule has 19 nitrogen and oxygen atoms in total. The fraction of sp³-hybridized carbons (Fsp3) is 0.378. The Hall–Kier alpha value is -7.51. The van der Waals surface area contributed by atoms with E-state index >= 15 is 4.39 Å². The van der Waals surface area contributed by atoms with Crippen molar-refractivity contribution >= 4 is 52.4 Å². The molecule has 6 N–H and O–H groups in total. The number of carboxylic acids is 1. The number of nitrogens with two attached hydrogens (primary N) is 1. The largest absolute Gasteiger partial charge is 0.477 e. The van der Waals surface area contributed by atoms with Gasteiger partial charge in [0.2, 0.25) is 11.3 Å². The number of fused-ring (bicyclic) bond motifs is 1. The Labute approximate surface area is 373 Å². The lowest BCUT2D eigenvalue weighted by atomic mass is 10.1. The summed E-state index contributed by atoms with van der Waals surface area (Å²) < 4.78 is 29.4. The number of aromatic carboxylic acids is 1. The van der Waals surface area contributed by atoms with E-state index in [1.807, 2.05) is 37.3 Å². The summed E-state index contributed by atoms with van der Waals surface area (Å²) in [6, 6.07) is 16.6. The highest BCUT2D eigenvalue weighted by Crippen LogP contribution is 2.27. The van der Waals surface area contributed by atoms with E-state index in [0.29, 0.717) is 41.8 Å². The van der Waals surface area contributed by atoms with Gasteiger partial charge in [0.1, 0.15) is 36.3 Å². The fourth-order valence-electron chi connectivity index (χ4n) is 7.43. The highest BCUT2D eigenvalue weighted by molar-refractivity contribution is 5.94. The number of alkyl carbamates (subject to hydrolysis) is 1. The Morgan fingerprint density at radius 3 is 2.28 bits per heavy atom. The molecule has 344 valence electrons. The number of hydrogen-bond donors (Lipinski definition) is 5. The molecular formula is C45H53FN10O9. The number of ether oxygens (including phenoxy) is 2. The lowest BCUT2D eigenvalue weighted by molar-refractivity contribution is -0.119. The van der Waals surface area contributed by atoms with E-state index in [1.54, 1.807) is 46.9 Å². The first kappa shape index (κ1) is 47.0. The van der Waals surface area contributed by atoms with Gasteiger partial charge >= 0.3 is 24.2 Å². The van der Waals surface area contributed by atoms with Gasteiger partial charge in [-0.05, 0) is 61.6 Å². The summed E-state index contributed by atoms with van der Waals surface area (Å²) in [5.74, 6) is -2.46. The SMILES string of the molecule is CCCC[C@H](NC(=O)OCc1ccccc1)c1cn([C@@H](CCCNC(N)=O)C(=O)Nc2ccc(COC(=O)N3CCN(c4cc5c(cc4F)c(=O)c(C(=O)O)cn5CC)CC3)cc2)nn1. The first-order valence-electron chi connectivity index (χ1n) is 21.4. The smallest absolute Gasteiger partial charge is 0.410 e. The molecule has 20 heteroatoms. The number of carbonyl (C=O) groups excluding carboxylic acids is 4. The minimum atomic E-state index is -1.38. The Morgan fingerprint density at radius 1 is 0.892 bits per heavy atom. The number of anilines is 2. The van der Waals surface area contributed by atoms with Gasteiger partial charge in [0, 0.05) is 56.5 Å². The number of piperazine rings is 1. The first-order chi connectivity index (χ1) is 31.3. The summed E-state index contributed by atoms with van der Waals surface area (Å²) in [6.07, 6.45) is 4.57. The predicted molar refractivity (Wildman–Crippen MR) is 238 cm³/mol. The zero-order chi connectivity index (χ0) is 46.5. The Bertz CT molecular complexity index is 2530. The van der Waals surface area contributed by atoms with Crippen LogP contribution in [0.4, 0.5) is 30.1 Å². The van der Waals surface area contributed by atoms with Crippen molar-refractivity contribution in [2.45, 2.75) is 77.8 Å². The number of benzene rings is 3. The highest BCUT2D eigenvalue weighted by atomic mass is 19.1. The van der Waals surface area contributed by atoms with Gasteiger partial charge in [-0.25, -0.2) is 28.3 Å². The number of halogens is 1. The second-order valence-electron chi connectivity index (χ2n) is 15.5. The van der Waals surface area contributed by atoms with Crippen LogP contribution in [0.3, 0.4) is 0 Å². The van der Waals surface area contributed by atoms with Crippen LogP contribution in [0.25, 0.3) is 10.9 Å². The predicted octanol–water partition coefficient (Wildman–Crippen LogP) is 5.70. The molecule has 0 bridgehead atoms. The number of aromatic nitrogens is 4. The number of pyridine rings is 1. The number of urea groups is 1. The third-order valence-corrected chi connectivity index (χ3v) is 11.0. The molecule has 0 radical (unpaired) electrons. The topological polar surface area (TPSA) is 245 Å². The number of rotatable bonds is 19. The van der Waals surface area contributed by atoms with E-state index < -0.39 is 59.0 Å². The number of nitrogens with zero attached hydrogens (tertiary/aromatic N) is 6. The maximum atomic E-state index is 15.4. The zero-order valence-corrected chi connectivity index (χ0v) is 36.2. The van der Waals surface area contributed by atoms with E-state index in [1.165, 1.54) is 21.8 Å². The minimum absolute atomic E-state index is 0.0240. The molecule has 5 amide bonds. The van der Waals surface area contributed by atoms with Gasteiger partial charge in [-0.3, -0.25) is 9.59 Å². The number of primary amides is 1. The molecule has 1 fully saturated rings. The van der Waals surface area contributed by atoms with Crippen LogP contribution < -0.4 is 32.0 Å². The maximum absolute atomic E-state index is 15.4. The summed E-state index contributed by atoms with van der Waals surface area (Å²) >= 11 is 0. The summed E-state index contributed by atoms with van der Waals surface area (Å²) in [6.45, 7) is 5.50. The standard InChI is InChI=1S/C45H53FN10O9/c1-3-5-12-35(50-44(62)64-27-29-10-7-6-8-11-29)36-26-56(52-51-36)37(13-9-18-48-43(47)61)41(58)49-31-16-14-30(15-17-31)28-65-45(63)55-21-19-54(20-22-55)39-24-38-32(23-34(39)46)40(57)33(42(59)60)25-53(38)4-2/h6-8,10-11,14-17,23-26,35,37H,3-5,9,12-13,18-22,27-28H2,1-2H3,(H,49,58)(H,50,62)(H,59,60)(H3,47,48,61)/t35-,37-/m0/s1. The molecule has 0 aliphatic carbocycles. The summed E-state index contributed by atoms with van der Waals surface area (Å²) in [4.78, 5) is 78.6. The van der Waals surface area contributed by atoms with Gasteiger partial charge in [-0.2, -0.15) is 0 Å². The van der Waals surface area contributed by atoms with E-state index in [2.05, 4.69) is 26.3 Å². The molecule has 5 aromatic rings. The molecule has 2 atom stereocenters. The third-order valence-electron chi connectivity index (χ3n) is 11.0. The summed E-state index contributed by atoms with van der Waals surface area (Å²) in [7, 11) is 0. The van der Waals surface area contributed by atoms with Gasteiger partial charge < -0.3 is 50.6 Å². The van der Waals surface area contributed by atoms with Crippen LogP contribution in [-0.4, -0.2) is 92.4 Å². The molecule has 1 aliphatic heterocycles. The Kier molecular flexibility index (Phi) is 16.1.